The van der Waals surface area contributed by atoms with Crippen LogP contribution < -0.4 is 10.6 Å². The average Bonchev–Trinajstić information content (AvgIpc) is 2.98. The van der Waals surface area contributed by atoms with E-state index in [4.69, 9.17) is 11.6 Å². The van der Waals surface area contributed by atoms with Crippen LogP contribution in [-0.4, -0.2) is 22.0 Å². The van der Waals surface area contributed by atoms with Gasteiger partial charge < -0.3 is 10.6 Å². The Hall–Kier alpha value is -2.20. The molecule has 0 aliphatic carbocycles. The van der Waals surface area contributed by atoms with Crippen LogP contribution in [0.2, 0.25) is 5.02 Å². The van der Waals surface area contributed by atoms with Gasteiger partial charge in [0.05, 0.1) is 0 Å². The fourth-order valence-electron chi connectivity index (χ4n) is 1.69. The molecule has 0 aliphatic heterocycles. The first kappa shape index (κ1) is 19.1. The zero-order chi connectivity index (χ0) is 18.6. The minimum Gasteiger partial charge on any atom is -0.326 e. The highest BCUT2D eigenvalue weighted by atomic mass is 35.5. The molecule has 2 aromatic rings. The average molecular weight is 393 g/mol. The molecule has 1 aromatic heterocycles. The van der Waals surface area contributed by atoms with Gasteiger partial charge in [-0.2, -0.15) is 13.2 Å². The zero-order valence-electron chi connectivity index (χ0n) is 12.8. The predicted octanol–water partition coefficient (Wildman–Crippen LogP) is 3.88. The Balaban J connectivity index is 1.82. The third-order valence-corrected chi connectivity index (χ3v) is 4.24. The number of aryl methyl sites for hydroxylation is 1. The first-order valence-electron chi connectivity index (χ1n) is 6.91. The van der Waals surface area contributed by atoms with Gasteiger partial charge in [0.2, 0.25) is 22.0 Å². The van der Waals surface area contributed by atoms with Gasteiger partial charge in [0, 0.05) is 23.6 Å². The van der Waals surface area contributed by atoms with E-state index in [1.807, 2.05) is 6.92 Å². The smallest absolute Gasteiger partial charge is 0.326 e. The van der Waals surface area contributed by atoms with Crippen LogP contribution in [0.4, 0.5) is 24.0 Å². The van der Waals surface area contributed by atoms with Crippen molar-refractivity contribution >= 4 is 45.6 Å². The first-order valence-corrected chi connectivity index (χ1v) is 8.11. The van der Waals surface area contributed by atoms with Crippen LogP contribution in [0.25, 0.3) is 0 Å². The Labute approximate surface area is 149 Å². The number of anilines is 2. The number of carbonyl (C=O) groups excluding carboxylic acids is 2. The molecule has 2 amide bonds. The number of hydrogen-bond donors (Lipinski definition) is 2. The van der Waals surface area contributed by atoms with Gasteiger partial charge in [0.25, 0.3) is 0 Å². The Bertz CT molecular complexity index is 795. The Morgan fingerprint density at radius 1 is 1.16 bits per heavy atom. The van der Waals surface area contributed by atoms with E-state index in [2.05, 4.69) is 20.8 Å². The van der Waals surface area contributed by atoms with Gasteiger partial charge in [0.15, 0.2) is 0 Å². The van der Waals surface area contributed by atoms with E-state index in [9.17, 15) is 22.8 Å². The Morgan fingerprint density at radius 3 is 2.36 bits per heavy atom. The summed E-state index contributed by atoms with van der Waals surface area (Å²) >= 11 is 6.16. The number of benzene rings is 1. The van der Waals surface area contributed by atoms with Crippen LogP contribution in [0.5, 0.6) is 0 Å². The van der Waals surface area contributed by atoms with Gasteiger partial charge in [-0.05, 0) is 24.6 Å². The van der Waals surface area contributed by atoms with Gasteiger partial charge in [0.1, 0.15) is 0 Å². The molecule has 0 unspecified atom stereocenters. The number of rotatable bonds is 5. The van der Waals surface area contributed by atoms with E-state index in [0.717, 1.165) is 5.56 Å². The lowest BCUT2D eigenvalue weighted by molar-refractivity contribution is -0.138. The van der Waals surface area contributed by atoms with Gasteiger partial charge in [-0.15, -0.1) is 10.2 Å². The number of amides is 2. The molecule has 2 N–H and O–H groups in total. The molecule has 134 valence electrons. The topological polar surface area (TPSA) is 84.0 Å². The molecular formula is C14H12ClF3N4O2S. The van der Waals surface area contributed by atoms with Crippen molar-refractivity contribution in [3.05, 3.63) is 33.8 Å². The number of halogens is 4. The Kier molecular flexibility index (Phi) is 5.96. The first-order chi connectivity index (χ1) is 11.6. The number of aromatic nitrogens is 2. The van der Waals surface area contributed by atoms with E-state index < -0.39 is 23.0 Å². The highest BCUT2D eigenvalue weighted by Crippen LogP contribution is 2.33. The minimum absolute atomic E-state index is 0.151. The number of nitrogens with one attached hydrogen (secondary N) is 2. The van der Waals surface area contributed by atoms with E-state index in [0.29, 0.717) is 10.7 Å². The summed E-state index contributed by atoms with van der Waals surface area (Å²) in [7, 11) is 0. The van der Waals surface area contributed by atoms with Crippen molar-refractivity contribution in [1.82, 2.24) is 10.2 Å². The largest absolute Gasteiger partial charge is 0.445 e. The van der Waals surface area contributed by atoms with E-state index in [1.54, 1.807) is 18.2 Å². The second-order valence-corrected chi connectivity index (χ2v) is 6.36. The van der Waals surface area contributed by atoms with Crippen LogP contribution in [0.15, 0.2) is 18.2 Å². The summed E-state index contributed by atoms with van der Waals surface area (Å²) in [6, 6.07) is 4.98. The normalized spacial score (nSPS) is 11.2. The summed E-state index contributed by atoms with van der Waals surface area (Å²) in [5, 5.41) is 9.99. The van der Waals surface area contributed by atoms with Crippen molar-refractivity contribution < 1.29 is 22.8 Å². The maximum Gasteiger partial charge on any atom is 0.445 e. The molecule has 0 spiro atoms. The van der Waals surface area contributed by atoms with Gasteiger partial charge in [-0.25, -0.2) is 0 Å². The SMILES string of the molecule is Cc1ccc(NC(=O)CCC(=O)Nc2nnc(C(F)(F)F)s2)cc1Cl. The van der Waals surface area contributed by atoms with Crippen molar-refractivity contribution in [3.63, 3.8) is 0 Å². The number of hydrogen-bond acceptors (Lipinski definition) is 5. The van der Waals surface area contributed by atoms with Crippen LogP contribution in [0, 0.1) is 6.92 Å². The van der Waals surface area contributed by atoms with Gasteiger partial charge in [-0.3, -0.25) is 9.59 Å². The van der Waals surface area contributed by atoms with Crippen LogP contribution in [0.3, 0.4) is 0 Å². The van der Waals surface area contributed by atoms with Crippen LogP contribution in [-0.2, 0) is 15.8 Å². The third kappa shape index (κ3) is 5.68. The lowest BCUT2D eigenvalue weighted by Crippen LogP contribution is -2.17. The highest BCUT2D eigenvalue weighted by molar-refractivity contribution is 7.15. The van der Waals surface area contributed by atoms with Crippen LogP contribution >= 0.6 is 22.9 Å². The van der Waals surface area contributed by atoms with Crippen molar-refractivity contribution in [3.8, 4) is 0 Å². The zero-order valence-corrected chi connectivity index (χ0v) is 14.3. The number of nitrogens with zero attached hydrogens (tertiary/aromatic N) is 2. The fourth-order valence-corrected chi connectivity index (χ4v) is 2.50. The summed E-state index contributed by atoms with van der Waals surface area (Å²) in [5.74, 6) is -1.06. The molecule has 0 fully saturated rings. The summed E-state index contributed by atoms with van der Waals surface area (Å²) in [6.07, 6.45) is -4.98. The van der Waals surface area contributed by atoms with E-state index in [-0.39, 0.29) is 29.3 Å². The van der Waals surface area contributed by atoms with Gasteiger partial charge >= 0.3 is 6.18 Å². The van der Waals surface area contributed by atoms with Crippen molar-refractivity contribution in [2.45, 2.75) is 25.9 Å². The summed E-state index contributed by atoms with van der Waals surface area (Å²) < 4.78 is 37.2. The highest BCUT2D eigenvalue weighted by Gasteiger charge is 2.35. The summed E-state index contributed by atoms with van der Waals surface area (Å²) in [4.78, 5) is 23.5. The quantitative estimate of drug-likeness (QED) is 0.808. The molecule has 0 bridgehead atoms. The maximum atomic E-state index is 12.4. The molecule has 0 atom stereocenters. The van der Waals surface area contributed by atoms with E-state index in [1.165, 1.54) is 0 Å². The summed E-state index contributed by atoms with van der Waals surface area (Å²) in [5.41, 5.74) is 1.34. The van der Waals surface area contributed by atoms with Crippen molar-refractivity contribution in [1.29, 1.82) is 0 Å². The monoisotopic (exact) mass is 392 g/mol. The maximum absolute atomic E-state index is 12.4. The molecule has 0 aliphatic rings. The summed E-state index contributed by atoms with van der Waals surface area (Å²) in [6.45, 7) is 1.82. The molecule has 6 nitrogen and oxygen atoms in total. The Morgan fingerprint density at radius 2 is 1.80 bits per heavy atom. The number of alkyl halides is 3. The third-order valence-electron chi connectivity index (χ3n) is 2.95. The molecule has 1 heterocycles. The molecule has 0 saturated carbocycles. The molecule has 25 heavy (non-hydrogen) atoms. The van der Waals surface area contributed by atoms with Crippen LogP contribution in [0.1, 0.15) is 23.4 Å². The lowest BCUT2D eigenvalue weighted by atomic mass is 10.2. The second kappa shape index (κ2) is 7.79. The molecule has 0 radical (unpaired) electrons. The molecular weight excluding hydrogens is 381 g/mol. The number of carbonyl (C=O) groups is 2. The fraction of sp³-hybridized carbons (Fsp3) is 0.286. The predicted molar refractivity (Wildman–Crippen MR) is 87.6 cm³/mol. The molecule has 1 aromatic carbocycles. The standard InChI is InChI=1S/C14H12ClF3N4O2S/c1-7-2-3-8(6-9(7)15)19-10(23)4-5-11(24)20-13-22-21-12(25-13)14(16,17)18/h2-3,6H,4-5H2,1H3,(H,19,23)(H,20,22,24). The van der Waals surface area contributed by atoms with Crippen molar-refractivity contribution in [2.24, 2.45) is 0 Å². The second-order valence-electron chi connectivity index (χ2n) is 4.97. The van der Waals surface area contributed by atoms with Gasteiger partial charge in [-0.1, -0.05) is 29.0 Å². The lowest BCUT2D eigenvalue weighted by Gasteiger charge is -2.06. The molecule has 0 saturated heterocycles. The minimum atomic E-state index is -4.62. The molecule has 11 heteroatoms. The van der Waals surface area contributed by atoms with E-state index >= 15 is 0 Å². The van der Waals surface area contributed by atoms with Crippen molar-refractivity contribution in [2.75, 3.05) is 10.6 Å². The molecule has 2 rings (SSSR count).